The third-order valence-corrected chi connectivity index (χ3v) is 1.38. The van der Waals surface area contributed by atoms with Gasteiger partial charge in [0.15, 0.2) is 0 Å². The Morgan fingerprint density at radius 3 is 2.80 bits per heavy atom. The number of nitrogens with zero attached hydrogens (tertiary/aromatic N) is 1. The summed E-state index contributed by atoms with van der Waals surface area (Å²) in [6, 6.07) is 0. The van der Waals surface area contributed by atoms with Crippen LogP contribution in [0.25, 0.3) is 0 Å². The van der Waals surface area contributed by atoms with Crippen LogP contribution in [0.5, 0.6) is 0 Å². The quantitative estimate of drug-likeness (QED) is 0.646. The number of aromatic nitrogens is 2. The predicted molar refractivity (Wildman–Crippen MR) is 41.5 cm³/mol. The van der Waals surface area contributed by atoms with Gasteiger partial charge in [-0.3, -0.25) is 5.10 Å². The fourth-order valence-electron chi connectivity index (χ4n) is 0.924. The smallest absolute Gasteiger partial charge is 0.122 e. The van der Waals surface area contributed by atoms with E-state index < -0.39 is 0 Å². The molecule has 0 saturated heterocycles. The van der Waals surface area contributed by atoms with Crippen LogP contribution in [-0.2, 0) is 6.42 Å². The zero-order valence-corrected chi connectivity index (χ0v) is 6.39. The fourth-order valence-corrected chi connectivity index (χ4v) is 0.924. The van der Waals surface area contributed by atoms with E-state index in [2.05, 4.69) is 24.0 Å². The molecule has 3 heteroatoms. The Balaban J connectivity index is 2.65. The van der Waals surface area contributed by atoms with Crippen LogP contribution in [0.4, 0.5) is 5.82 Å². The number of nitrogens with two attached hydrogens (primary N) is 1. The highest BCUT2D eigenvalue weighted by Crippen LogP contribution is 2.11. The van der Waals surface area contributed by atoms with Gasteiger partial charge in [-0.15, -0.1) is 0 Å². The molecule has 0 radical (unpaired) electrons. The van der Waals surface area contributed by atoms with Gasteiger partial charge in [-0.05, 0) is 12.3 Å². The average Bonchev–Trinajstić information content (AvgIpc) is 2.15. The van der Waals surface area contributed by atoms with Crippen molar-refractivity contribution >= 4 is 5.82 Å². The van der Waals surface area contributed by atoms with Gasteiger partial charge in [-0.1, -0.05) is 13.8 Å². The van der Waals surface area contributed by atoms with E-state index in [0.29, 0.717) is 11.7 Å². The van der Waals surface area contributed by atoms with Gasteiger partial charge in [0.25, 0.3) is 0 Å². The van der Waals surface area contributed by atoms with Gasteiger partial charge in [0, 0.05) is 5.56 Å². The molecule has 56 valence electrons. The second kappa shape index (κ2) is 2.73. The molecule has 3 N–H and O–H groups in total. The molecule has 1 rings (SSSR count). The van der Waals surface area contributed by atoms with E-state index in [4.69, 9.17) is 5.73 Å². The number of nitrogen functional groups attached to an aromatic ring is 1. The maximum Gasteiger partial charge on any atom is 0.122 e. The first kappa shape index (κ1) is 7.12. The molecule has 0 aliphatic heterocycles. The van der Waals surface area contributed by atoms with Crippen molar-refractivity contribution in [3.63, 3.8) is 0 Å². The second-order valence-electron chi connectivity index (χ2n) is 2.91. The zero-order chi connectivity index (χ0) is 7.56. The summed E-state index contributed by atoms with van der Waals surface area (Å²) in [5, 5.41) is 6.53. The SMILES string of the molecule is CC(C)Cc1cn[nH]c1N. The zero-order valence-electron chi connectivity index (χ0n) is 6.39. The third kappa shape index (κ3) is 1.50. The average molecular weight is 139 g/mol. The Morgan fingerprint density at radius 1 is 1.70 bits per heavy atom. The van der Waals surface area contributed by atoms with Gasteiger partial charge in [0.05, 0.1) is 6.20 Å². The first-order chi connectivity index (χ1) is 4.70. The van der Waals surface area contributed by atoms with Crippen LogP contribution in [-0.4, -0.2) is 10.2 Å². The Morgan fingerprint density at radius 2 is 2.40 bits per heavy atom. The number of hydrogen-bond donors (Lipinski definition) is 2. The molecular weight excluding hydrogens is 126 g/mol. The van der Waals surface area contributed by atoms with E-state index in [-0.39, 0.29) is 0 Å². The Bertz CT molecular complexity index is 202. The number of nitrogens with one attached hydrogen (secondary N) is 1. The molecule has 0 bridgehead atoms. The minimum absolute atomic E-state index is 0.639. The van der Waals surface area contributed by atoms with E-state index in [1.165, 1.54) is 0 Å². The number of H-pyrrole nitrogens is 1. The van der Waals surface area contributed by atoms with Crippen molar-refractivity contribution < 1.29 is 0 Å². The maximum absolute atomic E-state index is 5.57. The van der Waals surface area contributed by atoms with Crippen molar-refractivity contribution in [2.75, 3.05) is 5.73 Å². The molecular formula is C7H13N3. The standard InChI is InChI=1S/C7H13N3/c1-5(2)3-6-4-9-10-7(6)8/h4-5H,3H2,1-2H3,(H3,8,9,10). The predicted octanol–water partition coefficient (Wildman–Crippen LogP) is 1.19. The van der Waals surface area contributed by atoms with Crippen LogP contribution in [0.15, 0.2) is 6.20 Å². The van der Waals surface area contributed by atoms with Crippen molar-refractivity contribution in [1.82, 2.24) is 10.2 Å². The molecule has 0 spiro atoms. The largest absolute Gasteiger partial charge is 0.384 e. The number of anilines is 1. The number of rotatable bonds is 2. The lowest BCUT2D eigenvalue weighted by molar-refractivity contribution is 0.648. The molecule has 0 aliphatic carbocycles. The van der Waals surface area contributed by atoms with Crippen molar-refractivity contribution in [1.29, 1.82) is 0 Å². The summed E-state index contributed by atoms with van der Waals surface area (Å²) in [5.74, 6) is 1.34. The molecule has 0 fully saturated rings. The highest BCUT2D eigenvalue weighted by Gasteiger charge is 2.02. The lowest BCUT2D eigenvalue weighted by Gasteiger charge is -2.00. The van der Waals surface area contributed by atoms with E-state index >= 15 is 0 Å². The molecule has 3 nitrogen and oxygen atoms in total. The van der Waals surface area contributed by atoms with Crippen molar-refractivity contribution in [2.24, 2.45) is 5.92 Å². The second-order valence-corrected chi connectivity index (χ2v) is 2.91. The van der Waals surface area contributed by atoms with Crippen LogP contribution in [0.1, 0.15) is 19.4 Å². The van der Waals surface area contributed by atoms with Crippen LogP contribution >= 0.6 is 0 Å². The summed E-state index contributed by atoms with van der Waals surface area (Å²) in [6.45, 7) is 4.32. The van der Waals surface area contributed by atoms with Gasteiger partial charge in [-0.2, -0.15) is 5.10 Å². The summed E-state index contributed by atoms with van der Waals surface area (Å²) in [4.78, 5) is 0. The molecule has 1 heterocycles. The Labute approximate surface area is 60.6 Å². The summed E-state index contributed by atoms with van der Waals surface area (Å²) in [6.07, 6.45) is 2.79. The molecule has 0 aliphatic rings. The van der Waals surface area contributed by atoms with Crippen molar-refractivity contribution in [3.8, 4) is 0 Å². The highest BCUT2D eigenvalue weighted by molar-refractivity contribution is 5.36. The summed E-state index contributed by atoms with van der Waals surface area (Å²) in [7, 11) is 0. The van der Waals surface area contributed by atoms with E-state index in [0.717, 1.165) is 12.0 Å². The van der Waals surface area contributed by atoms with Gasteiger partial charge in [0.2, 0.25) is 0 Å². The van der Waals surface area contributed by atoms with Crippen LogP contribution in [0.3, 0.4) is 0 Å². The van der Waals surface area contributed by atoms with Gasteiger partial charge < -0.3 is 5.73 Å². The molecule has 0 amide bonds. The number of aromatic amines is 1. The minimum atomic E-state index is 0.639. The fraction of sp³-hybridized carbons (Fsp3) is 0.571. The van der Waals surface area contributed by atoms with Crippen molar-refractivity contribution in [3.05, 3.63) is 11.8 Å². The first-order valence-electron chi connectivity index (χ1n) is 3.48. The monoisotopic (exact) mass is 139 g/mol. The lowest BCUT2D eigenvalue weighted by Crippen LogP contribution is -1.96. The molecule has 0 unspecified atom stereocenters. The summed E-state index contributed by atoms with van der Waals surface area (Å²) < 4.78 is 0. The van der Waals surface area contributed by atoms with Crippen molar-refractivity contribution in [2.45, 2.75) is 20.3 Å². The van der Waals surface area contributed by atoms with Crippen LogP contribution < -0.4 is 5.73 Å². The minimum Gasteiger partial charge on any atom is -0.384 e. The highest BCUT2D eigenvalue weighted by atomic mass is 15.1. The molecule has 1 aromatic rings. The third-order valence-electron chi connectivity index (χ3n) is 1.38. The lowest BCUT2D eigenvalue weighted by atomic mass is 10.1. The Hall–Kier alpha value is -0.990. The maximum atomic E-state index is 5.57. The molecule has 10 heavy (non-hydrogen) atoms. The van der Waals surface area contributed by atoms with Gasteiger partial charge >= 0.3 is 0 Å². The van der Waals surface area contributed by atoms with Crippen LogP contribution in [0.2, 0.25) is 0 Å². The molecule has 0 saturated carbocycles. The van der Waals surface area contributed by atoms with Gasteiger partial charge in [-0.25, -0.2) is 0 Å². The first-order valence-corrected chi connectivity index (χ1v) is 3.48. The van der Waals surface area contributed by atoms with Gasteiger partial charge in [0.1, 0.15) is 5.82 Å². The van der Waals surface area contributed by atoms with E-state index in [1.54, 1.807) is 6.20 Å². The van der Waals surface area contributed by atoms with E-state index in [1.807, 2.05) is 0 Å². The Kier molecular flexibility index (Phi) is 1.94. The topological polar surface area (TPSA) is 54.7 Å². The molecule has 1 aromatic heterocycles. The normalized spacial score (nSPS) is 10.7. The summed E-state index contributed by atoms with van der Waals surface area (Å²) in [5.41, 5.74) is 6.69. The van der Waals surface area contributed by atoms with E-state index in [9.17, 15) is 0 Å². The van der Waals surface area contributed by atoms with Crippen LogP contribution in [0, 0.1) is 5.92 Å². The number of hydrogen-bond acceptors (Lipinski definition) is 2. The molecule has 0 atom stereocenters. The molecule has 0 aromatic carbocycles. The summed E-state index contributed by atoms with van der Waals surface area (Å²) >= 11 is 0.